The number of aliphatic hydroxyl groups excluding tert-OH is 1. The Hall–Kier alpha value is -2.54. The van der Waals surface area contributed by atoms with E-state index >= 15 is 0 Å². The van der Waals surface area contributed by atoms with Crippen LogP contribution in [0, 0.1) is 0 Å². The maximum atomic E-state index is 12.5. The van der Waals surface area contributed by atoms with Gasteiger partial charge in [0.25, 0.3) is 0 Å². The molecule has 0 radical (unpaired) electrons. The predicted molar refractivity (Wildman–Crippen MR) is 83.1 cm³/mol. The average Bonchev–Trinajstić information content (AvgIpc) is 2.58. The second-order valence-electron chi connectivity index (χ2n) is 5.18. The fourth-order valence-electron chi connectivity index (χ4n) is 2.04. The van der Waals surface area contributed by atoms with E-state index < -0.39 is 23.9 Å². The van der Waals surface area contributed by atoms with E-state index in [2.05, 4.69) is 10.6 Å². The summed E-state index contributed by atoms with van der Waals surface area (Å²) in [5.41, 5.74) is 0.439. The van der Waals surface area contributed by atoms with Crippen molar-refractivity contribution < 1.29 is 23.1 Å². The Balaban J connectivity index is 1.80. The van der Waals surface area contributed by atoms with Gasteiger partial charge in [-0.15, -0.1) is 0 Å². The standard InChI is InChI=1S/C17H17F3N2O2/c18-17(19,20)14-8-6-13(7-9-14)15(23)11-22-16(24)21-10-12-4-2-1-3-5-12/h1-9,15,23H,10-11H2,(H2,21,22,24). The van der Waals surface area contributed by atoms with Crippen LogP contribution in [0.15, 0.2) is 54.6 Å². The molecule has 7 heteroatoms. The van der Waals surface area contributed by atoms with Crippen LogP contribution >= 0.6 is 0 Å². The van der Waals surface area contributed by atoms with E-state index in [1.165, 1.54) is 12.1 Å². The number of hydrogen-bond donors (Lipinski definition) is 3. The molecule has 0 aliphatic carbocycles. The fourth-order valence-corrected chi connectivity index (χ4v) is 2.04. The van der Waals surface area contributed by atoms with Crippen LogP contribution in [0.5, 0.6) is 0 Å². The van der Waals surface area contributed by atoms with E-state index in [0.29, 0.717) is 12.1 Å². The van der Waals surface area contributed by atoms with Gasteiger partial charge in [-0.3, -0.25) is 0 Å². The molecule has 4 nitrogen and oxygen atoms in total. The fraction of sp³-hybridized carbons (Fsp3) is 0.235. The summed E-state index contributed by atoms with van der Waals surface area (Å²) in [6.45, 7) is 0.231. The second-order valence-corrected chi connectivity index (χ2v) is 5.18. The first-order valence-electron chi connectivity index (χ1n) is 7.27. The summed E-state index contributed by atoms with van der Waals surface area (Å²) in [4.78, 5) is 11.7. The lowest BCUT2D eigenvalue weighted by Gasteiger charge is -2.14. The smallest absolute Gasteiger partial charge is 0.387 e. The molecular weight excluding hydrogens is 321 g/mol. The summed E-state index contributed by atoms with van der Waals surface area (Å²) >= 11 is 0. The summed E-state index contributed by atoms with van der Waals surface area (Å²) in [6, 6.07) is 13.0. The molecule has 2 amide bonds. The minimum Gasteiger partial charge on any atom is -0.387 e. The van der Waals surface area contributed by atoms with Crippen molar-refractivity contribution in [2.75, 3.05) is 6.54 Å². The monoisotopic (exact) mass is 338 g/mol. The zero-order chi connectivity index (χ0) is 17.6. The lowest BCUT2D eigenvalue weighted by molar-refractivity contribution is -0.137. The summed E-state index contributed by atoms with van der Waals surface area (Å²) in [5.74, 6) is 0. The molecular formula is C17H17F3N2O2. The molecule has 0 aliphatic rings. The highest BCUT2D eigenvalue weighted by Gasteiger charge is 2.30. The normalized spacial score (nSPS) is 12.5. The SMILES string of the molecule is O=C(NCc1ccccc1)NCC(O)c1ccc(C(F)(F)F)cc1. The van der Waals surface area contributed by atoms with E-state index in [4.69, 9.17) is 0 Å². The van der Waals surface area contributed by atoms with Gasteiger partial charge in [-0.2, -0.15) is 13.2 Å². The molecule has 1 atom stereocenters. The molecule has 1 unspecified atom stereocenters. The van der Waals surface area contributed by atoms with Crippen molar-refractivity contribution in [1.82, 2.24) is 10.6 Å². The van der Waals surface area contributed by atoms with Crippen molar-refractivity contribution in [3.05, 3.63) is 71.3 Å². The predicted octanol–water partition coefficient (Wildman–Crippen LogP) is 3.24. The first kappa shape index (κ1) is 17.8. The number of carbonyl (C=O) groups is 1. The summed E-state index contributed by atoms with van der Waals surface area (Å²) < 4.78 is 37.4. The third-order valence-corrected chi connectivity index (χ3v) is 3.37. The zero-order valence-corrected chi connectivity index (χ0v) is 12.7. The number of alkyl halides is 3. The summed E-state index contributed by atoms with van der Waals surface area (Å²) in [5, 5.41) is 15.0. The number of benzene rings is 2. The molecule has 0 aliphatic heterocycles. The minimum absolute atomic E-state index is 0.105. The van der Waals surface area contributed by atoms with Crippen molar-refractivity contribution in [3.8, 4) is 0 Å². The lowest BCUT2D eigenvalue weighted by Crippen LogP contribution is -2.37. The first-order chi connectivity index (χ1) is 11.4. The molecule has 0 aromatic heterocycles. The highest BCUT2D eigenvalue weighted by molar-refractivity contribution is 5.73. The molecule has 128 valence electrons. The van der Waals surface area contributed by atoms with Crippen LogP contribution in [0.4, 0.5) is 18.0 Å². The minimum atomic E-state index is -4.42. The molecule has 0 heterocycles. The Morgan fingerprint density at radius 1 is 1.00 bits per heavy atom. The number of urea groups is 1. The van der Waals surface area contributed by atoms with Crippen LogP contribution < -0.4 is 10.6 Å². The first-order valence-corrected chi connectivity index (χ1v) is 7.27. The van der Waals surface area contributed by atoms with E-state index in [1.54, 1.807) is 0 Å². The molecule has 2 aromatic carbocycles. The Bertz CT molecular complexity index is 658. The molecule has 0 spiro atoms. The number of aliphatic hydroxyl groups is 1. The molecule has 0 saturated heterocycles. The molecule has 0 saturated carbocycles. The molecule has 24 heavy (non-hydrogen) atoms. The van der Waals surface area contributed by atoms with E-state index in [-0.39, 0.29) is 6.54 Å². The zero-order valence-electron chi connectivity index (χ0n) is 12.7. The highest BCUT2D eigenvalue weighted by atomic mass is 19.4. The number of halogens is 3. The van der Waals surface area contributed by atoms with Gasteiger partial charge in [-0.1, -0.05) is 42.5 Å². The van der Waals surface area contributed by atoms with E-state index in [1.807, 2.05) is 30.3 Å². The molecule has 2 rings (SSSR count). The Labute approximate surface area is 137 Å². The van der Waals surface area contributed by atoms with Gasteiger partial charge in [0, 0.05) is 13.1 Å². The van der Waals surface area contributed by atoms with Crippen molar-refractivity contribution in [3.63, 3.8) is 0 Å². The second kappa shape index (κ2) is 7.83. The van der Waals surface area contributed by atoms with Gasteiger partial charge in [-0.05, 0) is 23.3 Å². The van der Waals surface area contributed by atoms with Crippen LogP contribution in [0.1, 0.15) is 22.8 Å². The van der Waals surface area contributed by atoms with Crippen LogP contribution in [-0.2, 0) is 12.7 Å². The van der Waals surface area contributed by atoms with Gasteiger partial charge < -0.3 is 15.7 Å². The molecule has 0 bridgehead atoms. The Kier molecular flexibility index (Phi) is 5.81. The lowest BCUT2D eigenvalue weighted by atomic mass is 10.1. The van der Waals surface area contributed by atoms with Crippen LogP contribution in [0.25, 0.3) is 0 Å². The molecule has 0 fully saturated rings. The maximum Gasteiger partial charge on any atom is 0.416 e. The summed E-state index contributed by atoms with van der Waals surface area (Å²) in [6.07, 6.45) is -5.51. The number of carbonyl (C=O) groups excluding carboxylic acids is 1. The van der Waals surface area contributed by atoms with Crippen molar-refractivity contribution >= 4 is 6.03 Å². The van der Waals surface area contributed by atoms with Crippen LogP contribution in [0.3, 0.4) is 0 Å². The summed E-state index contributed by atoms with van der Waals surface area (Å²) in [7, 11) is 0. The van der Waals surface area contributed by atoms with Gasteiger partial charge >= 0.3 is 12.2 Å². The maximum absolute atomic E-state index is 12.5. The average molecular weight is 338 g/mol. The highest BCUT2D eigenvalue weighted by Crippen LogP contribution is 2.29. The van der Waals surface area contributed by atoms with Crippen molar-refractivity contribution in [2.24, 2.45) is 0 Å². The van der Waals surface area contributed by atoms with Gasteiger partial charge in [0.15, 0.2) is 0 Å². The van der Waals surface area contributed by atoms with Crippen LogP contribution in [0.2, 0.25) is 0 Å². The number of hydrogen-bond acceptors (Lipinski definition) is 2. The number of amides is 2. The molecule has 2 aromatic rings. The quantitative estimate of drug-likeness (QED) is 0.784. The van der Waals surface area contributed by atoms with Crippen molar-refractivity contribution in [2.45, 2.75) is 18.8 Å². The number of nitrogens with one attached hydrogen (secondary N) is 2. The number of rotatable bonds is 5. The van der Waals surface area contributed by atoms with Gasteiger partial charge in [0.1, 0.15) is 0 Å². The third-order valence-electron chi connectivity index (χ3n) is 3.37. The van der Waals surface area contributed by atoms with Gasteiger partial charge in [0.2, 0.25) is 0 Å². The third kappa shape index (κ3) is 5.27. The van der Waals surface area contributed by atoms with Crippen molar-refractivity contribution in [1.29, 1.82) is 0 Å². The van der Waals surface area contributed by atoms with E-state index in [9.17, 15) is 23.1 Å². The molecule has 3 N–H and O–H groups in total. The Morgan fingerprint density at radius 2 is 1.62 bits per heavy atom. The Morgan fingerprint density at radius 3 is 2.21 bits per heavy atom. The largest absolute Gasteiger partial charge is 0.416 e. The van der Waals surface area contributed by atoms with E-state index in [0.717, 1.165) is 17.7 Å². The topological polar surface area (TPSA) is 61.4 Å². The van der Waals surface area contributed by atoms with Gasteiger partial charge in [-0.25, -0.2) is 4.79 Å². The van der Waals surface area contributed by atoms with Crippen LogP contribution in [-0.4, -0.2) is 17.7 Å². The van der Waals surface area contributed by atoms with Gasteiger partial charge in [0.05, 0.1) is 11.7 Å².